The largest absolute Gasteiger partial charge is 0.497 e. The van der Waals surface area contributed by atoms with E-state index in [4.69, 9.17) is 9.47 Å². The Balaban J connectivity index is 1.76. The number of carbonyl (C=O) groups excluding carboxylic acids is 4. The van der Waals surface area contributed by atoms with Crippen molar-refractivity contribution < 1.29 is 33.5 Å². The molecule has 0 aromatic heterocycles. The van der Waals surface area contributed by atoms with E-state index >= 15 is 0 Å². The van der Waals surface area contributed by atoms with E-state index in [0.717, 1.165) is 5.56 Å². The molecule has 3 rings (SSSR count). The zero-order valence-electron chi connectivity index (χ0n) is 19.1. The van der Waals surface area contributed by atoms with Crippen molar-refractivity contribution in [3.8, 4) is 5.75 Å². The summed E-state index contributed by atoms with van der Waals surface area (Å²) in [5, 5.41) is 2.21. The number of nitrogens with zero attached hydrogens (tertiary/aromatic N) is 1. The van der Waals surface area contributed by atoms with Gasteiger partial charge in [0.05, 0.1) is 26.2 Å². The molecule has 2 aliphatic heterocycles. The number of fused-ring (bicyclic) bond motifs is 1. The third kappa shape index (κ3) is 5.48. The van der Waals surface area contributed by atoms with E-state index in [1.54, 1.807) is 52.1 Å². The Kier molecular flexibility index (Phi) is 7.33. The Hall–Kier alpha value is -3.05. The van der Waals surface area contributed by atoms with Crippen LogP contribution in [0.4, 0.5) is 0 Å². The number of nitrogens with one attached hydrogen (secondary N) is 2. The van der Waals surface area contributed by atoms with Crippen LogP contribution in [0.15, 0.2) is 35.5 Å². The van der Waals surface area contributed by atoms with Crippen LogP contribution in [0.1, 0.15) is 26.3 Å². The van der Waals surface area contributed by atoms with Crippen molar-refractivity contribution in [2.45, 2.75) is 44.2 Å². The van der Waals surface area contributed by atoms with Crippen LogP contribution in [0.2, 0.25) is 0 Å². The summed E-state index contributed by atoms with van der Waals surface area (Å²) in [6, 6.07) is 6.23. The SMILES string of the molecule is CONC(=O)C1=C(C(=O)OC(C)(C)C)N2C(=O)C(NC(=O)Cc3ccc(OC)cc3)[C@@H]2SC1. The van der Waals surface area contributed by atoms with Crippen molar-refractivity contribution in [2.75, 3.05) is 20.0 Å². The summed E-state index contributed by atoms with van der Waals surface area (Å²) in [6.45, 7) is 5.07. The van der Waals surface area contributed by atoms with Crippen LogP contribution in [-0.4, -0.2) is 65.6 Å². The minimum atomic E-state index is -0.826. The second kappa shape index (κ2) is 9.84. The van der Waals surface area contributed by atoms with Crippen molar-refractivity contribution in [2.24, 2.45) is 0 Å². The van der Waals surface area contributed by atoms with Crippen LogP contribution < -0.4 is 15.5 Å². The first-order valence-corrected chi connectivity index (χ1v) is 11.3. The number of benzene rings is 1. The van der Waals surface area contributed by atoms with Crippen molar-refractivity contribution in [3.63, 3.8) is 0 Å². The number of hydrogen-bond donors (Lipinski definition) is 2. The molecule has 3 amide bonds. The standard InChI is InChI=1S/C22H27N3O7S/c1-22(2,3)32-21(29)17-14(18(27)24-31-5)11-33-20-16(19(28)25(17)20)23-15(26)10-12-6-8-13(30-4)9-7-12/h6-9,16,20H,10-11H2,1-5H3,(H,23,26)(H,24,27)/t16?,20-/m0/s1. The lowest BCUT2D eigenvalue weighted by Gasteiger charge is -2.49. The average Bonchev–Trinajstić information content (AvgIpc) is 2.75. The molecule has 2 N–H and O–H groups in total. The van der Waals surface area contributed by atoms with E-state index < -0.39 is 34.8 Å². The lowest BCUT2D eigenvalue weighted by molar-refractivity contribution is -0.159. The Labute approximate surface area is 195 Å². The first-order chi connectivity index (χ1) is 15.6. The van der Waals surface area contributed by atoms with Gasteiger partial charge in [-0.3, -0.25) is 24.1 Å². The third-order valence-electron chi connectivity index (χ3n) is 4.87. The number of carbonyl (C=O) groups is 4. The monoisotopic (exact) mass is 477 g/mol. The minimum Gasteiger partial charge on any atom is -0.497 e. The first kappa shape index (κ1) is 24.6. The highest BCUT2D eigenvalue weighted by atomic mass is 32.2. The highest BCUT2D eigenvalue weighted by Gasteiger charge is 2.55. The molecule has 0 saturated carbocycles. The van der Waals surface area contributed by atoms with Gasteiger partial charge in [-0.1, -0.05) is 12.1 Å². The van der Waals surface area contributed by atoms with Crippen molar-refractivity contribution in [3.05, 3.63) is 41.1 Å². The summed E-state index contributed by atoms with van der Waals surface area (Å²) < 4.78 is 10.5. The maximum atomic E-state index is 13.0. The Morgan fingerprint density at radius 2 is 1.82 bits per heavy atom. The summed E-state index contributed by atoms with van der Waals surface area (Å²) in [7, 11) is 2.83. The van der Waals surface area contributed by atoms with E-state index in [2.05, 4.69) is 15.6 Å². The van der Waals surface area contributed by atoms with Gasteiger partial charge in [-0.15, -0.1) is 11.8 Å². The van der Waals surface area contributed by atoms with Gasteiger partial charge in [-0.25, -0.2) is 10.3 Å². The minimum absolute atomic E-state index is 0.0729. The second-order valence-electron chi connectivity index (χ2n) is 8.44. The zero-order chi connectivity index (χ0) is 24.3. The van der Waals surface area contributed by atoms with Gasteiger partial charge in [0.15, 0.2) is 0 Å². The molecule has 0 aliphatic carbocycles. The Morgan fingerprint density at radius 1 is 1.15 bits per heavy atom. The summed E-state index contributed by atoms with van der Waals surface area (Å²) >= 11 is 1.27. The number of rotatable bonds is 7. The molecule has 33 heavy (non-hydrogen) atoms. The van der Waals surface area contributed by atoms with E-state index in [0.29, 0.717) is 5.75 Å². The number of methoxy groups -OCH3 is 1. The van der Waals surface area contributed by atoms with Gasteiger partial charge in [0.25, 0.3) is 11.8 Å². The van der Waals surface area contributed by atoms with Crippen LogP contribution in [0.5, 0.6) is 5.75 Å². The number of esters is 1. The number of hydrogen-bond acceptors (Lipinski definition) is 8. The molecular formula is C22H27N3O7S. The first-order valence-electron chi connectivity index (χ1n) is 10.2. The molecule has 1 aromatic rings. The smallest absolute Gasteiger partial charge is 0.356 e. The topological polar surface area (TPSA) is 123 Å². The van der Waals surface area contributed by atoms with Crippen LogP contribution in [0, 0.1) is 0 Å². The highest BCUT2D eigenvalue weighted by molar-refractivity contribution is 8.00. The van der Waals surface area contributed by atoms with Gasteiger partial charge in [0.1, 0.15) is 28.5 Å². The van der Waals surface area contributed by atoms with Gasteiger partial charge < -0.3 is 14.8 Å². The van der Waals surface area contributed by atoms with Gasteiger partial charge >= 0.3 is 5.97 Å². The molecule has 1 fully saturated rings. The van der Waals surface area contributed by atoms with Crippen molar-refractivity contribution >= 4 is 35.5 Å². The normalized spacial score (nSPS) is 19.9. The number of hydroxylamine groups is 1. The number of thioether (sulfide) groups is 1. The molecule has 1 aromatic carbocycles. The Morgan fingerprint density at radius 3 is 2.39 bits per heavy atom. The summed E-state index contributed by atoms with van der Waals surface area (Å²) in [6.07, 6.45) is 0.0847. The lowest BCUT2D eigenvalue weighted by Crippen LogP contribution is -2.71. The molecule has 2 heterocycles. The van der Waals surface area contributed by atoms with Gasteiger partial charge in [0.2, 0.25) is 5.91 Å². The van der Waals surface area contributed by atoms with Gasteiger partial charge in [-0.05, 0) is 38.5 Å². The van der Waals surface area contributed by atoms with Crippen LogP contribution in [0.25, 0.3) is 0 Å². The van der Waals surface area contributed by atoms with E-state index in [1.165, 1.54) is 23.8 Å². The summed E-state index contributed by atoms with van der Waals surface area (Å²) in [5.74, 6) is -1.42. The third-order valence-corrected chi connectivity index (χ3v) is 6.15. The maximum Gasteiger partial charge on any atom is 0.356 e. The lowest BCUT2D eigenvalue weighted by atomic mass is 10.0. The molecule has 0 bridgehead atoms. The predicted molar refractivity (Wildman–Crippen MR) is 120 cm³/mol. The van der Waals surface area contributed by atoms with Crippen LogP contribution >= 0.6 is 11.8 Å². The van der Waals surface area contributed by atoms with E-state index in [1.807, 2.05) is 0 Å². The average molecular weight is 478 g/mol. The van der Waals surface area contributed by atoms with Gasteiger partial charge in [-0.2, -0.15) is 0 Å². The number of β-lactam (4-membered cyclic amide) rings is 1. The van der Waals surface area contributed by atoms with Crippen molar-refractivity contribution in [1.29, 1.82) is 0 Å². The summed E-state index contributed by atoms with van der Waals surface area (Å²) in [5.41, 5.74) is 2.06. The molecular weight excluding hydrogens is 450 g/mol. The fourth-order valence-corrected chi connectivity index (χ4v) is 4.76. The van der Waals surface area contributed by atoms with E-state index in [9.17, 15) is 19.2 Å². The fourth-order valence-electron chi connectivity index (χ4n) is 3.42. The molecule has 1 saturated heterocycles. The quantitative estimate of drug-likeness (QED) is 0.338. The molecule has 11 heteroatoms. The molecule has 1 unspecified atom stereocenters. The zero-order valence-corrected chi connectivity index (χ0v) is 19.9. The van der Waals surface area contributed by atoms with Crippen LogP contribution in [0.3, 0.4) is 0 Å². The van der Waals surface area contributed by atoms with Gasteiger partial charge in [0, 0.05) is 5.75 Å². The number of ether oxygens (including phenoxy) is 2. The molecule has 0 radical (unpaired) electrons. The Bertz CT molecular complexity index is 985. The van der Waals surface area contributed by atoms with Crippen molar-refractivity contribution in [1.82, 2.24) is 15.7 Å². The molecule has 2 aliphatic rings. The maximum absolute atomic E-state index is 13.0. The highest BCUT2D eigenvalue weighted by Crippen LogP contribution is 2.41. The summed E-state index contributed by atoms with van der Waals surface area (Å²) in [4.78, 5) is 56.7. The molecule has 2 atom stereocenters. The molecule has 178 valence electrons. The van der Waals surface area contributed by atoms with Crippen LogP contribution in [-0.2, 0) is 35.2 Å². The second-order valence-corrected chi connectivity index (χ2v) is 9.55. The van der Waals surface area contributed by atoms with E-state index in [-0.39, 0.29) is 29.4 Å². The predicted octanol–water partition coefficient (Wildman–Crippen LogP) is 0.911. The molecule has 10 nitrogen and oxygen atoms in total. The number of amides is 3. The molecule has 0 spiro atoms. The fraction of sp³-hybridized carbons (Fsp3) is 0.455.